The van der Waals surface area contributed by atoms with Gasteiger partial charge in [0.15, 0.2) is 0 Å². The number of aliphatic hydroxyl groups excluding tert-OH is 2. The molecule has 0 aromatic heterocycles. The Labute approximate surface area is 232 Å². The molecule has 1 fully saturated rings. The number of Topliss-reactive ketones (excluding diaryl/α,β-unsaturated/α-hetero) is 1. The third-order valence-corrected chi connectivity index (χ3v) is 7.85. The summed E-state index contributed by atoms with van der Waals surface area (Å²) in [6.07, 6.45) is -0.501. The third-order valence-electron chi connectivity index (χ3n) is 7.85. The average Bonchev–Trinajstić information content (AvgIpc) is 2.94. The van der Waals surface area contributed by atoms with E-state index in [0.717, 1.165) is 16.7 Å². The molecule has 1 saturated heterocycles. The van der Waals surface area contributed by atoms with E-state index in [4.69, 9.17) is 9.47 Å². The fourth-order valence-electron chi connectivity index (χ4n) is 5.72. The lowest BCUT2D eigenvalue weighted by Crippen LogP contribution is -2.43. The molecule has 0 radical (unpaired) electrons. The molecule has 0 saturated carbocycles. The molecule has 0 bridgehead atoms. The number of hydrogen-bond acceptors (Lipinski definition) is 8. The van der Waals surface area contributed by atoms with Crippen molar-refractivity contribution in [2.24, 2.45) is 5.92 Å². The van der Waals surface area contributed by atoms with E-state index in [0.29, 0.717) is 24.2 Å². The maximum Gasteiger partial charge on any atom is 0.149 e. The number of aryl methyl sites for hydroxylation is 1. The maximum atomic E-state index is 13.5. The molecule has 0 amide bonds. The Hall–Kier alpha value is -4.43. The highest BCUT2D eigenvalue weighted by Gasteiger charge is 2.47. The second-order valence-electron chi connectivity index (χ2n) is 10.3. The van der Waals surface area contributed by atoms with Crippen molar-refractivity contribution >= 4 is 5.78 Å². The number of carbonyl (C=O) groups excluding carboxylic acids is 1. The molecular weight excluding hydrogens is 512 g/mol. The van der Waals surface area contributed by atoms with Crippen LogP contribution in [0.25, 0.3) is 0 Å². The van der Waals surface area contributed by atoms with Crippen molar-refractivity contribution in [3.8, 4) is 23.0 Å². The number of phenols is 3. The van der Waals surface area contributed by atoms with Gasteiger partial charge in [-0.25, -0.2) is 0 Å². The predicted molar refractivity (Wildman–Crippen MR) is 148 cm³/mol. The van der Waals surface area contributed by atoms with Gasteiger partial charge in [0.25, 0.3) is 0 Å². The molecule has 4 atom stereocenters. The van der Waals surface area contributed by atoms with Crippen LogP contribution in [0.5, 0.6) is 23.0 Å². The molecule has 1 heterocycles. The standard InChI is InChI=1S/C32H32O8/c1-17-30(37)28(31(38)29-25(36)16-27(40-32(17)29)20-5-11-22(34)12-6-20)24(18-3-9-21(33)10-4-18)14-8-19-7-13-23(35)15-26(19)39-2/h3-7,9-13,15,24,27,29,32-35,37-38H,8,14,16H2,1-2H3. The molecule has 0 spiro atoms. The van der Waals surface area contributed by atoms with Crippen molar-refractivity contribution in [2.75, 3.05) is 7.11 Å². The minimum Gasteiger partial charge on any atom is -0.511 e. The van der Waals surface area contributed by atoms with Crippen LogP contribution in [0.2, 0.25) is 0 Å². The van der Waals surface area contributed by atoms with E-state index in [1.165, 1.54) is 37.4 Å². The Morgan fingerprint density at radius 2 is 1.52 bits per heavy atom. The first-order valence-corrected chi connectivity index (χ1v) is 13.1. The molecule has 1 aliphatic carbocycles. The fourth-order valence-corrected chi connectivity index (χ4v) is 5.72. The SMILES string of the molecule is COc1cc(O)ccc1CCC(C1=C(O)C2C(=O)CC(c3ccc(O)cc3)OC2C(C)=C1O)c1ccc(O)cc1. The number of methoxy groups -OCH3 is 1. The van der Waals surface area contributed by atoms with Gasteiger partial charge in [0.1, 0.15) is 46.2 Å². The first-order chi connectivity index (χ1) is 19.2. The van der Waals surface area contributed by atoms with Crippen LogP contribution in [-0.2, 0) is 16.0 Å². The molecule has 5 rings (SSSR count). The largest absolute Gasteiger partial charge is 0.511 e. The molecular formula is C32H32O8. The molecule has 2 aliphatic rings. The van der Waals surface area contributed by atoms with E-state index in [9.17, 15) is 30.3 Å². The van der Waals surface area contributed by atoms with Gasteiger partial charge in [-0.05, 0) is 72.4 Å². The number of aliphatic hydroxyl groups is 2. The van der Waals surface area contributed by atoms with Gasteiger partial charge in [-0.1, -0.05) is 30.3 Å². The van der Waals surface area contributed by atoms with Crippen LogP contribution >= 0.6 is 0 Å². The summed E-state index contributed by atoms with van der Waals surface area (Å²) in [6, 6.07) is 17.8. The van der Waals surface area contributed by atoms with Crippen LogP contribution in [0.15, 0.2) is 89.4 Å². The van der Waals surface area contributed by atoms with E-state index in [-0.39, 0.29) is 46.5 Å². The molecule has 40 heavy (non-hydrogen) atoms. The first-order valence-electron chi connectivity index (χ1n) is 13.1. The van der Waals surface area contributed by atoms with Gasteiger partial charge in [0.2, 0.25) is 0 Å². The number of allylic oxidation sites excluding steroid dienone is 1. The summed E-state index contributed by atoms with van der Waals surface area (Å²) in [4.78, 5) is 13.5. The Bertz CT molecular complexity index is 1470. The van der Waals surface area contributed by atoms with Gasteiger partial charge in [0.05, 0.1) is 19.3 Å². The van der Waals surface area contributed by atoms with E-state index in [2.05, 4.69) is 0 Å². The number of phenolic OH excluding ortho intramolecular Hbond substituents is 3. The van der Waals surface area contributed by atoms with Crippen molar-refractivity contribution in [1.29, 1.82) is 0 Å². The maximum absolute atomic E-state index is 13.5. The van der Waals surface area contributed by atoms with Gasteiger partial charge in [-0.15, -0.1) is 0 Å². The molecule has 208 valence electrons. The zero-order valence-corrected chi connectivity index (χ0v) is 22.2. The molecule has 3 aromatic rings. The van der Waals surface area contributed by atoms with E-state index >= 15 is 0 Å². The second-order valence-corrected chi connectivity index (χ2v) is 10.3. The van der Waals surface area contributed by atoms with Gasteiger partial charge in [-0.3, -0.25) is 4.79 Å². The number of benzene rings is 3. The van der Waals surface area contributed by atoms with Gasteiger partial charge >= 0.3 is 0 Å². The smallest absolute Gasteiger partial charge is 0.149 e. The monoisotopic (exact) mass is 544 g/mol. The topological polar surface area (TPSA) is 137 Å². The predicted octanol–water partition coefficient (Wildman–Crippen LogP) is 5.90. The lowest BCUT2D eigenvalue weighted by Gasteiger charge is -2.40. The summed E-state index contributed by atoms with van der Waals surface area (Å²) < 4.78 is 11.7. The normalized spacial score (nSPS) is 21.8. The van der Waals surface area contributed by atoms with E-state index in [1.54, 1.807) is 43.3 Å². The number of carbonyl (C=O) groups is 1. The third kappa shape index (κ3) is 5.10. The molecule has 5 N–H and O–H groups in total. The Balaban J connectivity index is 1.52. The number of hydrogen-bond donors (Lipinski definition) is 5. The highest BCUT2D eigenvalue weighted by Crippen LogP contribution is 2.47. The minimum atomic E-state index is -0.970. The van der Waals surface area contributed by atoms with Crippen molar-refractivity contribution in [3.63, 3.8) is 0 Å². The van der Waals surface area contributed by atoms with Gasteiger partial charge in [0, 0.05) is 24.0 Å². The van der Waals surface area contributed by atoms with E-state index < -0.39 is 24.0 Å². The van der Waals surface area contributed by atoms with Crippen LogP contribution in [-0.4, -0.2) is 44.5 Å². The summed E-state index contributed by atoms with van der Waals surface area (Å²) in [6.45, 7) is 1.70. The quantitative estimate of drug-likeness (QED) is 0.248. The molecule has 3 aromatic carbocycles. The van der Waals surface area contributed by atoms with Crippen LogP contribution in [0.1, 0.15) is 48.5 Å². The van der Waals surface area contributed by atoms with Crippen LogP contribution in [0.4, 0.5) is 0 Å². The summed E-state index contributed by atoms with van der Waals surface area (Å²) in [7, 11) is 1.52. The highest BCUT2D eigenvalue weighted by atomic mass is 16.5. The van der Waals surface area contributed by atoms with Crippen molar-refractivity contribution < 1.29 is 39.8 Å². The fraction of sp³-hybridized carbons (Fsp3) is 0.281. The summed E-state index contributed by atoms with van der Waals surface area (Å²) in [5, 5.41) is 52.4. The van der Waals surface area contributed by atoms with Crippen LogP contribution in [0.3, 0.4) is 0 Å². The summed E-state index contributed by atoms with van der Waals surface area (Å²) in [5.74, 6) is -1.29. The lowest BCUT2D eigenvalue weighted by atomic mass is 9.73. The Kier molecular flexibility index (Phi) is 7.45. The number of ketones is 1. The Morgan fingerprint density at radius 3 is 2.17 bits per heavy atom. The first kappa shape index (κ1) is 27.1. The number of rotatable bonds is 7. The average molecular weight is 545 g/mol. The van der Waals surface area contributed by atoms with Crippen LogP contribution in [0, 0.1) is 5.92 Å². The van der Waals surface area contributed by atoms with Crippen molar-refractivity contribution in [2.45, 2.75) is 44.3 Å². The van der Waals surface area contributed by atoms with Gasteiger partial charge in [-0.2, -0.15) is 0 Å². The minimum absolute atomic E-state index is 0.0336. The molecule has 8 heteroatoms. The summed E-state index contributed by atoms with van der Waals surface area (Å²) >= 11 is 0. The van der Waals surface area contributed by atoms with Crippen molar-refractivity contribution in [3.05, 3.63) is 106 Å². The zero-order chi connectivity index (χ0) is 28.6. The van der Waals surface area contributed by atoms with Gasteiger partial charge < -0.3 is 35.0 Å². The molecule has 8 nitrogen and oxygen atoms in total. The highest BCUT2D eigenvalue weighted by molar-refractivity contribution is 5.87. The number of aromatic hydroxyl groups is 3. The van der Waals surface area contributed by atoms with E-state index in [1.807, 2.05) is 0 Å². The van der Waals surface area contributed by atoms with Crippen LogP contribution < -0.4 is 4.74 Å². The lowest BCUT2D eigenvalue weighted by molar-refractivity contribution is -0.143. The Morgan fingerprint density at radius 1 is 0.900 bits per heavy atom. The molecule has 4 unspecified atom stereocenters. The zero-order valence-electron chi connectivity index (χ0n) is 22.2. The summed E-state index contributed by atoms with van der Waals surface area (Å²) in [5.41, 5.74) is 2.98. The number of ether oxygens (including phenoxy) is 2. The molecule has 1 aliphatic heterocycles. The second kappa shape index (κ2) is 11.0. The number of fused-ring (bicyclic) bond motifs is 1. The van der Waals surface area contributed by atoms with Crippen molar-refractivity contribution in [1.82, 2.24) is 0 Å².